The van der Waals surface area contributed by atoms with Crippen LogP contribution in [0.1, 0.15) is 35.9 Å². The van der Waals surface area contributed by atoms with Gasteiger partial charge in [-0.1, -0.05) is 19.1 Å². The predicted octanol–water partition coefficient (Wildman–Crippen LogP) is 4.15. The zero-order chi connectivity index (χ0) is 21.8. The smallest absolute Gasteiger partial charge is 0.406 e. The summed E-state index contributed by atoms with van der Waals surface area (Å²) in [6.07, 6.45) is -2.94. The van der Waals surface area contributed by atoms with Gasteiger partial charge in [0, 0.05) is 23.6 Å². The number of benzene rings is 1. The molecule has 0 radical (unpaired) electrons. The van der Waals surface area contributed by atoms with Crippen LogP contribution in [0.5, 0.6) is 5.75 Å². The Morgan fingerprint density at radius 1 is 1.33 bits per heavy atom. The van der Waals surface area contributed by atoms with Crippen molar-refractivity contribution in [3.63, 3.8) is 0 Å². The molecule has 2 heterocycles. The van der Waals surface area contributed by atoms with E-state index in [4.69, 9.17) is 4.74 Å². The van der Waals surface area contributed by atoms with Gasteiger partial charge >= 0.3 is 6.36 Å². The lowest BCUT2D eigenvalue weighted by atomic mass is 9.82. The average molecular weight is 443 g/mol. The third-order valence-electron chi connectivity index (χ3n) is 5.03. The average Bonchev–Trinajstić information content (AvgIpc) is 3.05. The molecule has 1 saturated heterocycles. The molecule has 0 bridgehead atoms. The molecule has 164 valence electrons. The standard InChI is InChI=1S/C20H24F3N3O3S/c1-3-16-13(2)30-18(25-16)26-17(27)12-24-19(7-9-28-10-8-19)14-5-4-6-15(11-14)29-20(21,22)23/h4-6,11,24H,3,7-10,12H2,1-2H3,(H,25,26,27). The molecule has 0 atom stereocenters. The number of nitrogens with zero attached hydrogens (tertiary/aromatic N) is 1. The molecular formula is C20H24F3N3O3S. The lowest BCUT2D eigenvalue weighted by Gasteiger charge is -2.38. The first-order chi connectivity index (χ1) is 14.2. The van der Waals surface area contributed by atoms with Crippen molar-refractivity contribution >= 4 is 22.4 Å². The molecular weight excluding hydrogens is 419 g/mol. The fraction of sp³-hybridized carbons (Fsp3) is 0.500. The molecule has 2 aromatic rings. The molecule has 1 amide bonds. The van der Waals surface area contributed by atoms with E-state index in [-0.39, 0.29) is 18.2 Å². The van der Waals surface area contributed by atoms with Crippen molar-refractivity contribution < 1.29 is 27.4 Å². The van der Waals surface area contributed by atoms with Crippen LogP contribution in [-0.4, -0.2) is 37.0 Å². The lowest BCUT2D eigenvalue weighted by Crippen LogP contribution is -2.49. The first kappa shape index (κ1) is 22.5. The van der Waals surface area contributed by atoms with Crippen LogP contribution in [0, 0.1) is 6.92 Å². The Hall–Kier alpha value is -2.17. The van der Waals surface area contributed by atoms with Crippen LogP contribution < -0.4 is 15.4 Å². The van der Waals surface area contributed by atoms with Gasteiger partial charge in [0.15, 0.2) is 5.13 Å². The molecule has 1 aliphatic heterocycles. The highest BCUT2D eigenvalue weighted by molar-refractivity contribution is 7.15. The summed E-state index contributed by atoms with van der Waals surface area (Å²) in [5, 5.41) is 6.57. The van der Waals surface area contributed by atoms with Gasteiger partial charge in [-0.15, -0.1) is 24.5 Å². The molecule has 3 rings (SSSR count). The maximum atomic E-state index is 12.6. The van der Waals surface area contributed by atoms with E-state index in [9.17, 15) is 18.0 Å². The van der Waals surface area contributed by atoms with Gasteiger partial charge in [0.05, 0.1) is 12.2 Å². The number of anilines is 1. The fourth-order valence-electron chi connectivity index (χ4n) is 3.50. The second kappa shape index (κ2) is 9.32. The SMILES string of the molecule is CCc1nc(NC(=O)CNC2(c3cccc(OC(F)(F)F)c3)CCOCC2)sc1C. The summed E-state index contributed by atoms with van der Waals surface area (Å²) in [6, 6.07) is 5.87. The van der Waals surface area contributed by atoms with Crippen molar-refractivity contribution in [3.8, 4) is 5.75 Å². The van der Waals surface area contributed by atoms with Crippen LogP contribution in [0.4, 0.5) is 18.3 Å². The second-order valence-electron chi connectivity index (χ2n) is 7.05. The minimum atomic E-state index is -4.77. The quantitative estimate of drug-likeness (QED) is 0.673. The number of nitrogens with one attached hydrogen (secondary N) is 2. The van der Waals surface area contributed by atoms with Gasteiger partial charge in [-0.25, -0.2) is 4.98 Å². The number of alkyl halides is 3. The van der Waals surface area contributed by atoms with E-state index < -0.39 is 11.9 Å². The Balaban J connectivity index is 1.72. The topological polar surface area (TPSA) is 72.5 Å². The van der Waals surface area contributed by atoms with Crippen molar-refractivity contribution in [1.29, 1.82) is 0 Å². The van der Waals surface area contributed by atoms with Crippen molar-refractivity contribution in [2.24, 2.45) is 0 Å². The summed E-state index contributed by atoms with van der Waals surface area (Å²) in [5.41, 5.74) is 0.887. The van der Waals surface area contributed by atoms with Crippen molar-refractivity contribution in [3.05, 3.63) is 40.4 Å². The van der Waals surface area contributed by atoms with E-state index in [0.717, 1.165) is 17.0 Å². The maximum Gasteiger partial charge on any atom is 0.573 e. The third-order valence-corrected chi connectivity index (χ3v) is 5.96. The largest absolute Gasteiger partial charge is 0.573 e. The highest BCUT2D eigenvalue weighted by Crippen LogP contribution is 2.35. The number of hydrogen-bond acceptors (Lipinski definition) is 6. The molecule has 10 heteroatoms. The number of aryl methyl sites for hydroxylation is 2. The zero-order valence-corrected chi connectivity index (χ0v) is 17.6. The molecule has 1 aliphatic rings. The summed E-state index contributed by atoms with van der Waals surface area (Å²) < 4.78 is 47.3. The van der Waals surface area contributed by atoms with Gasteiger partial charge < -0.3 is 14.8 Å². The molecule has 0 unspecified atom stereocenters. The summed E-state index contributed by atoms with van der Waals surface area (Å²) in [6.45, 7) is 4.82. The Labute approximate surface area is 176 Å². The van der Waals surface area contributed by atoms with Crippen LogP contribution in [0.15, 0.2) is 24.3 Å². The van der Waals surface area contributed by atoms with Crippen LogP contribution in [0.3, 0.4) is 0 Å². The van der Waals surface area contributed by atoms with Crippen molar-refractivity contribution in [2.45, 2.75) is 45.0 Å². The molecule has 6 nitrogen and oxygen atoms in total. The molecule has 0 spiro atoms. The van der Waals surface area contributed by atoms with E-state index in [1.165, 1.54) is 29.5 Å². The van der Waals surface area contributed by atoms with Crippen molar-refractivity contribution in [1.82, 2.24) is 10.3 Å². The van der Waals surface area contributed by atoms with Crippen LogP contribution in [0.25, 0.3) is 0 Å². The van der Waals surface area contributed by atoms with Crippen LogP contribution in [-0.2, 0) is 21.5 Å². The minimum Gasteiger partial charge on any atom is -0.406 e. The number of hydrogen-bond donors (Lipinski definition) is 2. The molecule has 0 aliphatic carbocycles. The van der Waals surface area contributed by atoms with E-state index in [2.05, 4.69) is 20.4 Å². The minimum absolute atomic E-state index is 0.00948. The first-order valence-corrected chi connectivity index (χ1v) is 10.5. The number of halogens is 3. The fourth-order valence-corrected chi connectivity index (χ4v) is 4.42. The molecule has 0 saturated carbocycles. The van der Waals surface area contributed by atoms with Crippen molar-refractivity contribution in [2.75, 3.05) is 25.1 Å². The summed E-state index contributed by atoms with van der Waals surface area (Å²) >= 11 is 1.42. The summed E-state index contributed by atoms with van der Waals surface area (Å²) in [4.78, 5) is 17.9. The highest BCUT2D eigenvalue weighted by atomic mass is 32.1. The highest BCUT2D eigenvalue weighted by Gasteiger charge is 2.36. The normalized spacial score (nSPS) is 16.3. The molecule has 1 aromatic heterocycles. The van der Waals surface area contributed by atoms with E-state index >= 15 is 0 Å². The predicted molar refractivity (Wildman–Crippen MR) is 108 cm³/mol. The number of carbonyl (C=O) groups is 1. The second-order valence-corrected chi connectivity index (χ2v) is 8.25. The molecule has 1 fully saturated rings. The number of ether oxygens (including phenoxy) is 2. The van der Waals surface area contributed by atoms with Gasteiger partial charge in [-0.3, -0.25) is 10.1 Å². The first-order valence-electron chi connectivity index (χ1n) is 9.66. The van der Waals surface area contributed by atoms with E-state index in [1.807, 2.05) is 13.8 Å². The van der Waals surface area contributed by atoms with Gasteiger partial charge in [-0.05, 0) is 43.9 Å². The Morgan fingerprint density at radius 3 is 2.70 bits per heavy atom. The third kappa shape index (κ3) is 5.71. The summed E-state index contributed by atoms with van der Waals surface area (Å²) in [7, 11) is 0. The molecule has 30 heavy (non-hydrogen) atoms. The Morgan fingerprint density at radius 2 is 2.07 bits per heavy atom. The van der Waals surface area contributed by atoms with Gasteiger partial charge in [0.1, 0.15) is 5.75 Å². The zero-order valence-electron chi connectivity index (χ0n) is 16.8. The van der Waals surface area contributed by atoms with Crippen LogP contribution >= 0.6 is 11.3 Å². The maximum absolute atomic E-state index is 12.6. The lowest BCUT2D eigenvalue weighted by molar-refractivity contribution is -0.274. The number of rotatable bonds is 7. The Bertz CT molecular complexity index is 880. The van der Waals surface area contributed by atoms with E-state index in [1.54, 1.807) is 6.07 Å². The van der Waals surface area contributed by atoms with Gasteiger partial charge in [0.2, 0.25) is 5.91 Å². The van der Waals surface area contributed by atoms with Gasteiger partial charge in [0.25, 0.3) is 0 Å². The summed E-state index contributed by atoms with van der Waals surface area (Å²) in [5.74, 6) is -0.553. The number of amides is 1. The monoisotopic (exact) mass is 443 g/mol. The molecule has 1 aromatic carbocycles. The van der Waals surface area contributed by atoms with E-state index in [0.29, 0.717) is 36.8 Å². The number of aromatic nitrogens is 1. The molecule has 2 N–H and O–H groups in total. The Kier molecular flexibility index (Phi) is 6.99. The number of thiazole rings is 1. The van der Waals surface area contributed by atoms with Crippen LogP contribution in [0.2, 0.25) is 0 Å². The van der Waals surface area contributed by atoms with Gasteiger partial charge in [-0.2, -0.15) is 0 Å². The number of carbonyl (C=O) groups excluding carboxylic acids is 1.